The minimum Gasteiger partial charge on any atom is -0.429 e. The van der Waals surface area contributed by atoms with Gasteiger partial charge < -0.3 is 9.73 Å². The van der Waals surface area contributed by atoms with E-state index < -0.39 is 0 Å². The van der Waals surface area contributed by atoms with E-state index in [2.05, 4.69) is 22.9 Å². The number of nitrogens with one attached hydrogen (secondary N) is 1. The molecule has 0 fully saturated rings. The normalized spacial score (nSPS) is 11.2. The van der Waals surface area contributed by atoms with Gasteiger partial charge in [0.05, 0.1) is 22.4 Å². The third-order valence-electron chi connectivity index (χ3n) is 3.71. The van der Waals surface area contributed by atoms with Crippen molar-refractivity contribution in [2.24, 2.45) is 0 Å². The van der Waals surface area contributed by atoms with Crippen LogP contribution in [0.25, 0.3) is 21.3 Å². The minimum atomic E-state index is 0.468. The van der Waals surface area contributed by atoms with Gasteiger partial charge in [-0.3, -0.25) is 4.57 Å². The second-order valence-electron chi connectivity index (χ2n) is 5.36. The Bertz CT molecular complexity index is 1110. The van der Waals surface area contributed by atoms with Crippen LogP contribution in [-0.4, -0.2) is 15.3 Å². The van der Waals surface area contributed by atoms with Crippen LogP contribution in [0.2, 0.25) is 0 Å². The number of thioether (sulfide) groups is 1. The fourth-order valence-corrected chi connectivity index (χ4v) is 4.66. The van der Waals surface area contributed by atoms with Crippen LogP contribution in [0.3, 0.4) is 0 Å². The first-order chi connectivity index (χ1) is 12.2. The van der Waals surface area contributed by atoms with E-state index >= 15 is 0 Å². The van der Waals surface area contributed by atoms with Crippen molar-refractivity contribution < 1.29 is 4.42 Å². The Balaban J connectivity index is 1.57. The monoisotopic (exact) mass is 385 g/mol. The van der Waals surface area contributed by atoms with Crippen LogP contribution in [0.1, 0.15) is 0 Å². The highest BCUT2D eigenvalue weighted by atomic mass is 32.2. The maximum atomic E-state index is 5.62. The molecule has 0 spiro atoms. The van der Waals surface area contributed by atoms with E-state index in [-0.39, 0.29) is 0 Å². The molecule has 0 atom stereocenters. The molecule has 2 aromatic heterocycles. The molecule has 0 bridgehead atoms. The van der Waals surface area contributed by atoms with Gasteiger partial charge >= 0.3 is 0 Å². The predicted molar refractivity (Wildman–Crippen MR) is 109 cm³/mol. The summed E-state index contributed by atoms with van der Waals surface area (Å²) >= 11 is 8.73. The zero-order chi connectivity index (χ0) is 17.2. The van der Waals surface area contributed by atoms with Crippen LogP contribution in [0.4, 0.5) is 5.69 Å². The largest absolute Gasteiger partial charge is 0.429 e. The van der Waals surface area contributed by atoms with Crippen molar-refractivity contribution in [3.63, 3.8) is 0 Å². The molecule has 25 heavy (non-hydrogen) atoms. The Morgan fingerprint density at radius 1 is 1.32 bits per heavy atom. The Hall–Kier alpha value is -2.09. The van der Waals surface area contributed by atoms with Crippen LogP contribution in [-0.2, 0) is 6.67 Å². The fraction of sp³-hybridized carbons (Fsp3) is 0.111. The fourth-order valence-electron chi connectivity index (χ4n) is 2.54. The van der Waals surface area contributed by atoms with E-state index in [1.54, 1.807) is 23.1 Å². The number of nitrogens with zero attached hydrogens (tertiary/aromatic N) is 2. The molecule has 2 aromatic carbocycles. The molecular formula is C18H15N3OS3. The number of para-hydroxylation sites is 2. The number of oxazole rings is 1. The van der Waals surface area contributed by atoms with Gasteiger partial charge in [-0.25, -0.2) is 4.98 Å². The van der Waals surface area contributed by atoms with Gasteiger partial charge in [-0.2, -0.15) is 0 Å². The van der Waals surface area contributed by atoms with Gasteiger partial charge in [0.1, 0.15) is 0 Å². The zero-order valence-corrected chi connectivity index (χ0v) is 15.7. The average Bonchev–Trinajstić information content (AvgIpc) is 3.17. The Morgan fingerprint density at radius 3 is 3.08 bits per heavy atom. The molecule has 0 aliphatic carbocycles. The molecule has 0 aliphatic rings. The van der Waals surface area contributed by atoms with Gasteiger partial charge in [0, 0.05) is 11.4 Å². The molecule has 0 amide bonds. The van der Waals surface area contributed by atoms with Crippen molar-refractivity contribution in [1.29, 1.82) is 0 Å². The van der Waals surface area contributed by atoms with Crippen LogP contribution in [0, 0.1) is 4.84 Å². The third-order valence-corrected chi connectivity index (χ3v) is 6.17. The van der Waals surface area contributed by atoms with Crippen molar-refractivity contribution >= 4 is 62.3 Å². The molecule has 0 saturated carbocycles. The van der Waals surface area contributed by atoms with Crippen molar-refractivity contribution in [3.05, 3.63) is 60.0 Å². The molecule has 1 N–H and O–H groups in total. The summed E-state index contributed by atoms with van der Waals surface area (Å²) in [4.78, 5) is 5.09. The standard InChI is InChI=1S/C18H15N3OS3/c1-2-9-24-17-20-13-8-7-12(10-16(13)25-17)19-11-21-14-5-3-4-6-15(14)22-18(21)23/h2-8,10,19H,1,9,11H2. The molecule has 7 heteroatoms. The Morgan fingerprint density at radius 2 is 2.20 bits per heavy atom. The Labute approximate surface area is 158 Å². The molecule has 126 valence electrons. The highest BCUT2D eigenvalue weighted by molar-refractivity contribution is 8.01. The molecular weight excluding hydrogens is 370 g/mol. The highest BCUT2D eigenvalue weighted by Crippen LogP contribution is 2.31. The summed E-state index contributed by atoms with van der Waals surface area (Å²) in [6, 6.07) is 14.1. The highest BCUT2D eigenvalue weighted by Gasteiger charge is 2.07. The van der Waals surface area contributed by atoms with Gasteiger partial charge in [-0.1, -0.05) is 30.0 Å². The van der Waals surface area contributed by atoms with Crippen LogP contribution in [0.15, 0.2) is 63.9 Å². The minimum absolute atomic E-state index is 0.468. The number of anilines is 1. The summed E-state index contributed by atoms with van der Waals surface area (Å²) in [5.74, 6) is 0.872. The van der Waals surface area contributed by atoms with Gasteiger partial charge in [-0.05, 0) is 42.5 Å². The quantitative estimate of drug-likeness (QED) is 0.253. The van der Waals surface area contributed by atoms with E-state index in [0.29, 0.717) is 11.5 Å². The first-order valence-electron chi connectivity index (χ1n) is 7.71. The molecule has 4 rings (SSSR count). The van der Waals surface area contributed by atoms with E-state index in [1.165, 1.54) is 0 Å². The van der Waals surface area contributed by atoms with Crippen LogP contribution >= 0.6 is 35.3 Å². The van der Waals surface area contributed by atoms with Crippen molar-refractivity contribution in [2.75, 3.05) is 11.1 Å². The number of rotatable bonds is 6. The molecule has 0 aliphatic heterocycles. The van der Waals surface area contributed by atoms with Gasteiger partial charge in [0.15, 0.2) is 9.92 Å². The first kappa shape index (κ1) is 16.4. The zero-order valence-electron chi connectivity index (χ0n) is 13.3. The lowest BCUT2D eigenvalue weighted by Crippen LogP contribution is -2.07. The molecule has 0 saturated heterocycles. The maximum absolute atomic E-state index is 5.62. The van der Waals surface area contributed by atoms with Crippen molar-refractivity contribution in [2.45, 2.75) is 11.0 Å². The summed E-state index contributed by atoms with van der Waals surface area (Å²) in [6.07, 6.45) is 1.89. The Kier molecular flexibility index (Phi) is 4.61. The second kappa shape index (κ2) is 7.03. The predicted octanol–water partition coefficient (Wildman–Crippen LogP) is 5.92. The number of hydrogen-bond acceptors (Lipinski definition) is 6. The van der Waals surface area contributed by atoms with Crippen LogP contribution < -0.4 is 5.32 Å². The van der Waals surface area contributed by atoms with E-state index in [4.69, 9.17) is 16.6 Å². The van der Waals surface area contributed by atoms with Crippen molar-refractivity contribution in [1.82, 2.24) is 9.55 Å². The third kappa shape index (κ3) is 3.35. The summed E-state index contributed by atoms with van der Waals surface area (Å²) in [5, 5.41) is 3.42. The topological polar surface area (TPSA) is 43.0 Å². The lowest BCUT2D eigenvalue weighted by molar-refractivity contribution is 0.546. The average molecular weight is 386 g/mol. The molecule has 0 unspecified atom stereocenters. The van der Waals surface area contributed by atoms with Crippen molar-refractivity contribution in [3.8, 4) is 0 Å². The summed E-state index contributed by atoms with van der Waals surface area (Å²) in [6.45, 7) is 4.30. The number of benzene rings is 2. The molecule has 4 nitrogen and oxygen atoms in total. The number of hydrogen-bond donors (Lipinski definition) is 1. The summed E-state index contributed by atoms with van der Waals surface area (Å²) in [7, 11) is 0. The van der Waals surface area contributed by atoms with Gasteiger partial charge in [0.2, 0.25) is 0 Å². The number of aromatic nitrogens is 2. The lowest BCUT2D eigenvalue weighted by atomic mass is 10.3. The van der Waals surface area contributed by atoms with Crippen LogP contribution in [0.5, 0.6) is 0 Å². The first-order valence-corrected chi connectivity index (χ1v) is 9.92. The van der Waals surface area contributed by atoms with E-state index in [9.17, 15) is 0 Å². The molecule has 4 aromatic rings. The summed E-state index contributed by atoms with van der Waals surface area (Å²) < 4.78 is 9.80. The van der Waals surface area contributed by atoms with Gasteiger partial charge in [-0.15, -0.1) is 17.9 Å². The number of fused-ring (bicyclic) bond motifs is 2. The van der Waals surface area contributed by atoms with Gasteiger partial charge in [0.25, 0.3) is 4.84 Å². The van der Waals surface area contributed by atoms with E-state index in [1.807, 2.05) is 47.0 Å². The SMILES string of the molecule is C=CCSc1nc2ccc(NCn3c(=S)oc4ccccc43)cc2s1. The molecule has 0 radical (unpaired) electrons. The molecule has 2 heterocycles. The van der Waals surface area contributed by atoms with E-state index in [0.717, 1.165) is 37.1 Å². The smallest absolute Gasteiger partial charge is 0.271 e. The summed E-state index contributed by atoms with van der Waals surface area (Å²) in [5.41, 5.74) is 3.84. The second-order valence-corrected chi connectivity index (χ2v) is 8.01. The lowest BCUT2D eigenvalue weighted by Gasteiger charge is -2.07. The number of thiazole rings is 1. The maximum Gasteiger partial charge on any atom is 0.271 e.